The van der Waals surface area contributed by atoms with Crippen molar-refractivity contribution in [2.75, 3.05) is 11.9 Å². The van der Waals surface area contributed by atoms with Crippen molar-refractivity contribution in [2.24, 2.45) is 0 Å². The Bertz CT molecular complexity index is 716. The first kappa shape index (κ1) is 17.5. The first-order chi connectivity index (χ1) is 11.5. The predicted octanol–water partition coefficient (Wildman–Crippen LogP) is 2.98. The summed E-state index contributed by atoms with van der Waals surface area (Å²) in [5.74, 6) is -0.328. The van der Waals surface area contributed by atoms with Gasteiger partial charge in [-0.1, -0.05) is 13.5 Å². The van der Waals surface area contributed by atoms with E-state index in [0.717, 1.165) is 18.5 Å². The zero-order valence-corrected chi connectivity index (χ0v) is 14.2. The second-order valence-electron chi connectivity index (χ2n) is 5.59. The van der Waals surface area contributed by atoms with Crippen molar-refractivity contribution in [1.29, 1.82) is 0 Å². The van der Waals surface area contributed by atoms with E-state index in [4.69, 9.17) is 0 Å². The summed E-state index contributed by atoms with van der Waals surface area (Å²) in [5.41, 5.74) is 2.35. The van der Waals surface area contributed by atoms with E-state index < -0.39 is 0 Å². The highest BCUT2D eigenvalue weighted by Crippen LogP contribution is 2.14. The smallest absolute Gasteiger partial charge is 0.251 e. The molecule has 2 aromatic rings. The van der Waals surface area contributed by atoms with Gasteiger partial charge in [0.05, 0.1) is 0 Å². The summed E-state index contributed by atoms with van der Waals surface area (Å²) >= 11 is 0. The van der Waals surface area contributed by atoms with Gasteiger partial charge in [0.15, 0.2) is 0 Å². The molecule has 2 rings (SSSR count). The summed E-state index contributed by atoms with van der Waals surface area (Å²) in [4.78, 5) is 25.2. The molecule has 0 saturated heterocycles. The third-order valence-electron chi connectivity index (χ3n) is 3.77. The van der Waals surface area contributed by atoms with Crippen LogP contribution in [0.5, 0.6) is 0 Å². The number of carbonyl (C=O) groups is 2. The van der Waals surface area contributed by atoms with E-state index in [9.17, 15) is 9.59 Å². The highest BCUT2D eigenvalue weighted by molar-refractivity contribution is 6.01. The third-order valence-corrected chi connectivity index (χ3v) is 3.77. The van der Waals surface area contributed by atoms with Crippen molar-refractivity contribution in [3.05, 3.63) is 66.5 Å². The number of anilines is 1. The molecule has 1 aromatic carbocycles. The van der Waals surface area contributed by atoms with Crippen molar-refractivity contribution >= 4 is 17.5 Å². The molecule has 2 amide bonds. The molecule has 5 heteroatoms. The Balaban J connectivity index is 1.94. The molecule has 0 spiro atoms. The number of rotatable bonds is 7. The molecule has 0 unspecified atom stereocenters. The summed E-state index contributed by atoms with van der Waals surface area (Å²) in [6.45, 7) is 7.06. The topological polar surface area (TPSA) is 54.3 Å². The lowest BCUT2D eigenvalue weighted by Gasteiger charge is -2.15. The Morgan fingerprint density at radius 3 is 2.58 bits per heavy atom. The Kier molecular flexibility index (Phi) is 5.95. The maximum absolute atomic E-state index is 12.2. The number of likely N-dealkylation sites (N-methyl/N-ethyl adjacent to an activating group) is 1. The van der Waals surface area contributed by atoms with E-state index in [-0.39, 0.29) is 11.8 Å². The Hall–Kier alpha value is -2.82. The van der Waals surface area contributed by atoms with E-state index >= 15 is 0 Å². The van der Waals surface area contributed by atoms with Crippen LogP contribution in [0.2, 0.25) is 0 Å². The van der Waals surface area contributed by atoms with Crippen LogP contribution >= 0.6 is 0 Å². The Morgan fingerprint density at radius 1 is 1.25 bits per heavy atom. The van der Waals surface area contributed by atoms with Gasteiger partial charge < -0.3 is 14.8 Å². The van der Waals surface area contributed by atoms with Crippen LogP contribution in [-0.4, -0.2) is 23.4 Å². The van der Waals surface area contributed by atoms with Crippen LogP contribution in [0.4, 0.5) is 5.69 Å². The SMILES string of the molecule is C=CC(=O)N(C)c1ccc(C(=O)NCc2ccn(CCC)c2)cc1. The van der Waals surface area contributed by atoms with Crippen molar-refractivity contribution in [3.63, 3.8) is 0 Å². The number of nitrogens with zero attached hydrogens (tertiary/aromatic N) is 2. The number of hydrogen-bond donors (Lipinski definition) is 1. The van der Waals surface area contributed by atoms with E-state index in [0.29, 0.717) is 17.8 Å². The number of carbonyl (C=O) groups excluding carboxylic acids is 2. The van der Waals surface area contributed by atoms with Gasteiger partial charge in [0.2, 0.25) is 5.91 Å². The fourth-order valence-corrected chi connectivity index (χ4v) is 2.38. The van der Waals surface area contributed by atoms with E-state index in [2.05, 4.69) is 23.4 Å². The molecule has 0 fully saturated rings. The second-order valence-corrected chi connectivity index (χ2v) is 5.59. The monoisotopic (exact) mass is 325 g/mol. The maximum atomic E-state index is 12.2. The van der Waals surface area contributed by atoms with Gasteiger partial charge in [-0.05, 0) is 48.4 Å². The van der Waals surface area contributed by atoms with Gasteiger partial charge in [-0.2, -0.15) is 0 Å². The molecular weight excluding hydrogens is 302 g/mol. The van der Waals surface area contributed by atoms with Crippen molar-refractivity contribution in [1.82, 2.24) is 9.88 Å². The van der Waals surface area contributed by atoms with Crippen LogP contribution < -0.4 is 10.2 Å². The van der Waals surface area contributed by atoms with Crippen LogP contribution in [0.1, 0.15) is 29.3 Å². The molecule has 5 nitrogen and oxygen atoms in total. The minimum Gasteiger partial charge on any atom is -0.354 e. The Morgan fingerprint density at radius 2 is 1.96 bits per heavy atom. The van der Waals surface area contributed by atoms with E-state index in [1.807, 2.05) is 18.5 Å². The summed E-state index contributed by atoms with van der Waals surface area (Å²) in [6, 6.07) is 8.91. The van der Waals surface area contributed by atoms with E-state index in [1.165, 1.54) is 11.0 Å². The fourth-order valence-electron chi connectivity index (χ4n) is 2.38. The van der Waals surface area contributed by atoms with E-state index in [1.54, 1.807) is 31.3 Å². The molecule has 0 bridgehead atoms. The number of amides is 2. The summed E-state index contributed by atoms with van der Waals surface area (Å²) in [7, 11) is 1.67. The van der Waals surface area contributed by atoms with Gasteiger partial charge in [0.25, 0.3) is 5.91 Å². The quantitative estimate of drug-likeness (QED) is 0.796. The molecule has 24 heavy (non-hydrogen) atoms. The van der Waals surface area contributed by atoms with Gasteiger partial charge in [0.1, 0.15) is 0 Å². The molecule has 0 saturated carbocycles. The number of aryl methyl sites for hydroxylation is 1. The van der Waals surface area contributed by atoms with Gasteiger partial charge in [-0.3, -0.25) is 9.59 Å². The lowest BCUT2D eigenvalue weighted by atomic mass is 10.2. The molecule has 0 radical (unpaired) electrons. The van der Waals surface area contributed by atoms with Crippen LogP contribution in [0.3, 0.4) is 0 Å². The molecular formula is C19H23N3O2. The van der Waals surface area contributed by atoms with Gasteiger partial charge >= 0.3 is 0 Å². The highest BCUT2D eigenvalue weighted by atomic mass is 16.2. The van der Waals surface area contributed by atoms with Crippen LogP contribution in [0.15, 0.2) is 55.4 Å². The molecule has 1 heterocycles. The average Bonchev–Trinajstić information content (AvgIpc) is 3.06. The number of nitrogens with one attached hydrogen (secondary N) is 1. The maximum Gasteiger partial charge on any atom is 0.251 e. The molecule has 1 aromatic heterocycles. The lowest BCUT2D eigenvalue weighted by Crippen LogP contribution is -2.24. The van der Waals surface area contributed by atoms with Crippen LogP contribution in [-0.2, 0) is 17.9 Å². The first-order valence-electron chi connectivity index (χ1n) is 7.98. The standard InChI is InChI=1S/C19H23N3O2/c1-4-11-22-12-10-15(14-22)13-20-19(24)16-6-8-17(9-7-16)21(3)18(23)5-2/h5-10,12,14H,2,4,11,13H2,1,3H3,(H,20,24). The van der Waals surface area contributed by atoms with Crippen LogP contribution in [0.25, 0.3) is 0 Å². The minimum atomic E-state index is -0.191. The molecule has 0 atom stereocenters. The fraction of sp³-hybridized carbons (Fsp3) is 0.263. The average molecular weight is 325 g/mol. The lowest BCUT2D eigenvalue weighted by molar-refractivity contribution is -0.113. The Labute approximate surface area is 142 Å². The largest absolute Gasteiger partial charge is 0.354 e. The van der Waals surface area contributed by atoms with Crippen LogP contribution in [0, 0.1) is 0 Å². The zero-order valence-electron chi connectivity index (χ0n) is 14.2. The summed E-state index contributed by atoms with van der Waals surface area (Å²) < 4.78 is 2.11. The number of aromatic nitrogens is 1. The van der Waals surface area contributed by atoms with Gasteiger partial charge in [-0.25, -0.2) is 0 Å². The normalized spacial score (nSPS) is 10.2. The summed E-state index contributed by atoms with van der Waals surface area (Å²) in [6.07, 6.45) is 6.40. The van der Waals surface area contributed by atoms with Crippen molar-refractivity contribution < 1.29 is 9.59 Å². The van der Waals surface area contributed by atoms with Gasteiger partial charge in [0, 0.05) is 43.8 Å². The van der Waals surface area contributed by atoms with Gasteiger partial charge in [-0.15, -0.1) is 0 Å². The first-order valence-corrected chi connectivity index (χ1v) is 7.98. The second kappa shape index (κ2) is 8.15. The van der Waals surface area contributed by atoms with Crippen molar-refractivity contribution in [2.45, 2.75) is 26.4 Å². The highest BCUT2D eigenvalue weighted by Gasteiger charge is 2.09. The third kappa shape index (κ3) is 4.35. The predicted molar refractivity (Wildman–Crippen MR) is 95.9 cm³/mol. The minimum absolute atomic E-state index is 0.137. The number of hydrogen-bond acceptors (Lipinski definition) is 2. The summed E-state index contributed by atoms with van der Waals surface area (Å²) in [5, 5.41) is 2.90. The molecule has 0 aliphatic rings. The zero-order chi connectivity index (χ0) is 17.5. The molecule has 0 aliphatic carbocycles. The number of benzene rings is 1. The van der Waals surface area contributed by atoms with Crippen molar-refractivity contribution in [3.8, 4) is 0 Å². The molecule has 1 N–H and O–H groups in total. The molecule has 126 valence electrons. The molecule has 0 aliphatic heterocycles.